The van der Waals surface area contributed by atoms with Crippen molar-refractivity contribution in [3.05, 3.63) is 35.9 Å². The number of thioether (sulfide) groups is 1. The summed E-state index contributed by atoms with van der Waals surface area (Å²) < 4.78 is 0. The number of rotatable bonds is 6. The van der Waals surface area contributed by atoms with Crippen molar-refractivity contribution in [2.75, 3.05) is 32.6 Å². The average Bonchev–Trinajstić information content (AvgIpc) is 2.30. The molecule has 17 heavy (non-hydrogen) atoms. The molecule has 0 saturated carbocycles. The maximum absolute atomic E-state index is 11.5. The van der Waals surface area contributed by atoms with Crippen LogP contribution in [0.2, 0.25) is 0 Å². The van der Waals surface area contributed by atoms with E-state index in [9.17, 15) is 4.79 Å². The van der Waals surface area contributed by atoms with Crippen molar-refractivity contribution in [3.63, 3.8) is 0 Å². The molecule has 0 aromatic heterocycles. The van der Waals surface area contributed by atoms with Crippen molar-refractivity contribution in [3.8, 4) is 0 Å². The molecule has 94 valence electrons. The van der Waals surface area contributed by atoms with Gasteiger partial charge in [-0.25, -0.2) is 0 Å². The lowest BCUT2D eigenvalue weighted by Gasteiger charge is -2.25. The fourth-order valence-corrected chi connectivity index (χ4v) is 2.03. The van der Waals surface area contributed by atoms with E-state index in [-0.39, 0.29) is 11.9 Å². The minimum absolute atomic E-state index is 0.0975. The van der Waals surface area contributed by atoms with Crippen molar-refractivity contribution in [1.82, 2.24) is 10.2 Å². The van der Waals surface area contributed by atoms with E-state index in [4.69, 9.17) is 0 Å². The van der Waals surface area contributed by atoms with E-state index in [0.29, 0.717) is 12.3 Å². The van der Waals surface area contributed by atoms with Gasteiger partial charge in [-0.3, -0.25) is 4.79 Å². The summed E-state index contributed by atoms with van der Waals surface area (Å²) in [5, 5.41) is 2.96. The van der Waals surface area contributed by atoms with E-state index in [2.05, 4.69) is 22.3 Å². The zero-order chi connectivity index (χ0) is 12.7. The van der Waals surface area contributed by atoms with Gasteiger partial charge in [0.2, 0.25) is 5.91 Å². The predicted octanol–water partition coefficient (Wildman–Crippen LogP) is 1.77. The molecule has 1 aromatic carbocycles. The third-order valence-corrected chi connectivity index (χ3v) is 3.13. The molecular weight excluding hydrogens is 232 g/mol. The molecule has 4 heteroatoms. The summed E-state index contributed by atoms with van der Waals surface area (Å²) in [7, 11) is 4.05. The Balaban J connectivity index is 2.59. The molecule has 1 amide bonds. The molecule has 0 radical (unpaired) electrons. The summed E-state index contributed by atoms with van der Waals surface area (Å²) in [5.41, 5.74) is 1.22. The average molecular weight is 252 g/mol. The molecule has 0 fully saturated rings. The third kappa shape index (κ3) is 4.79. The molecule has 0 aliphatic rings. The minimum Gasteiger partial charge on any atom is -0.353 e. The standard InChI is InChI=1S/C13H20N2OS/c1-15(2)12(9-14-13(16)10-17-3)11-7-5-4-6-8-11/h4-8,12H,9-10H2,1-3H3,(H,14,16). The lowest BCUT2D eigenvalue weighted by Crippen LogP contribution is -2.35. The van der Waals surface area contributed by atoms with Crippen LogP contribution >= 0.6 is 11.8 Å². The molecule has 0 saturated heterocycles. The highest BCUT2D eigenvalue weighted by Crippen LogP contribution is 2.16. The number of hydrogen-bond donors (Lipinski definition) is 1. The van der Waals surface area contributed by atoms with E-state index in [1.807, 2.05) is 38.6 Å². The quantitative estimate of drug-likeness (QED) is 0.837. The molecule has 1 N–H and O–H groups in total. The van der Waals surface area contributed by atoms with Crippen LogP contribution < -0.4 is 5.32 Å². The fraction of sp³-hybridized carbons (Fsp3) is 0.462. The lowest BCUT2D eigenvalue weighted by atomic mass is 10.1. The Bertz CT molecular complexity index is 341. The minimum atomic E-state index is 0.0975. The van der Waals surface area contributed by atoms with Crippen molar-refractivity contribution < 1.29 is 4.79 Å². The SMILES string of the molecule is CSCC(=O)NCC(c1ccccc1)N(C)C. The van der Waals surface area contributed by atoms with Crippen LogP contribution in [0.5, 0.6) is 0 Å². The monoisotopic (exact) mass is 252 g/mol. The second-order valence-electron chi connectivity index (χ2n) is 4.13. The molecule has 0 aliphatic heterocycles. The molecule has 1 atom stereocenters. The van der Waals surface area contributed by atoms with E-state index in [1.165, 1.54) is 17.3 Å². The molecule has 0 aliphatic carbocycles. The Hall–Kier alpha value is -1.00. The normalized spacial score (nSPS) is 12.5. The van der Waals surface area contributed by atoms with Crippen LogP contribution in [-0.4, -0.2) is 43.5 Å². The zero-order valence-corrected chi connectivity index (χ0v) is 11.5. The van der Waals surface area contributed by atoms with Gasteiger partial charge in [-0.15, -0.1) is 0 Å². The van der Waals surface area contributed by atoms with Crippen molar-refractivity contribution >= 4 is 17.7 Å². The zero-order valence-electron chi connectivity index (χ0n) is 10.6. The second kappa shape index (κ2) is 7.35. The maximum atomic E-state index is 11.5. The number of benzene rings is 1. The van der Waals surface area contributed by atoms with Crippen LogP contribution in [0.4, 0.5) is 0 Å². The van der Waals surface area contributed by atoms with Crippen LogP contribution in [-0.2, 0) is 4.79 Å². The predicted molar refractivity (Wildman–Crippen MR) is 74.3 cm³/mol. The van der Waals surface area contributed by atoms with Crippen LogP contribution in [0.1, 0.15) is 11.6 Å². The summed E-state index contributed by atoms with van der Waals surface area (Å²) in [6.45, 7) is 0.649. The number of hydrogen-bond acceptors (Lipinski definition) is 3. The highest BCUT2D eigenvalue weighted by atomic mass is 32.2. The molecule has 0 heterocycles. The number of likely N-dealkylation sites (N-methyl/N-ethyl adjacent to an activating group) is 1. The van der Waals surface area contributed by atoms with E-state index >= 15 is 0 Å². The topological polar surface area (TPSA) is 32.3 Å². The van der Waals surface area contributed by atoms with E-state index in [0.717, 1.165) is 0 Å². The number of amides is 1. The molecule has 0 spiro atoms. The smallest absolute Gasteiger partial charge is 0.230 e. The Morgan fingerprint density at radius 1 is 1.35 bits per heavy atom. The number of carbonyl (C=O) groups excluding carboxylic acids is 1. The summed E-state index contributed by atoms with van der Waals surface area (Å²) >= 11 is 1.54. The van der Waals surface area contributed by atoms with Crippen molar-refractivity contribution in [2.45, 2.75) is 6.04 Å². The summed E-state index contributed by atoms with van der Waals surface area (Å²) in [5.74, 6) is 0.620. The van der Waals surface area contributed by atoms with Crippen LogP contribution in [0.3, 0.4) is 0 Å². The van der Waals surface area contributed by atoms with Gasteiger partial charge in [0.05, 0.1) is 11.8 Å². The van der Waals surface area contributed by atoms with Gasteiger partial charge in [0.25, 0.3) is 0 Å². The van der Waals surface area contributed by atoms with E-state index in [1.54, 1.807) is 0 Å². The first kappa shape index (κ1) is 14.1. The van der Waals surface area contributed by atoms with Gasteiger partial charge in [0.1, 0.15) is 0 Å². The van der Waals surface area contributed by atoms with Gasteiger partial charge in [0.15, 0.2) is 0 Å². The number of nitrogens with zero attached hydrogens (tertiary/aromatic N) is 1. The molecule has 0 bridgehead atoms. The largest absolute Gasteiger partial charge is 0.353 e. The molecular formula is C13H20N2OS. The van der Waals surface area contributed by atoms with Crippen LogP contribution in [0, 0.1) is 0 Å². The summed E-state index contributed by atoms with van der Waals surface area (Å²) in [6.07, 6.45) is 1.93. The van der Waals surface area contributed by atoms with Gasteiger partial charge in [0, 0.05) is 6.54 Å². The maximum Gasteiger partial charge on any atom is 0.230 e. The van der Waals surface area contributed by atoms with Gasteiger partial charge < -0.3 is 10.2 Å². The first-order valence-corrected chi connectivity index (χ1v) is 7.01. The van der Waals surface area contributed by atoms with E-state index < -0.39 is 0 Å². The third-order valence-electron chi connectivity index (χ3n) is 2.58. The molecule has 1 unspecified atom stereocenters. The fourth-order valence-electron chi connectivity index (χ4n) is 1.67. The number of nitrogens with one attached hydrogen (secondary N) is 1. The Morgan fingerprint density at radius 2 is 2.00 bits per heavy atom. The van der Waals surface area contributed by atoms with Crippen LogP contribution in [0.25, 0.3) is 0 Å². The van der Waals surface area contributed by atoms with Gasteiger partial charge in [-0.2, -0.15) is 11.8 Å². The van der Waals surface area contributed by atoms with Gasteiger partial charge >= 0.3 is 0 Å². The Kier molecular flexibility index (Phi) is 6.08. The second-order valence-corrected chi connectivity index (χ2v) is 4.99. The molecule has 1 aromatic rings. The summed E-state index contributed by atoms with van der Waals surface area (Å²) in [6, 6.07) is 10.5. The van der Waals surface area contributed by atoms with Crippen molar-refractivity contribution in [2.24, 2.45) is 0 Å². The first-order valence-electron chi connectivity index (χ1n) is 5.62. The highest BCUT2D eigenvalue weighted by Gasteiger charge is 2.14. The summed E-state index contributed by atoms with van der Waals surface area (Å²) in [4.78, 5) is 13.6. The molecule has 3 nitrogen and oxygen atoms in total. The Morgan fingerprint density at radius 3 is 2.53 bits per heavy atom. The van der Waals surface area contributed by atoms with Gasteiger partial charge in [-0.1, -0.05) is 30.3 Å². The van der Waals surface area contributed by atoms with Crippen LogP contribution in [0.15, 0.2) is 30.3 Å². The highest BCUT2D eigenvalue weighted by molar-refractivity contribution is 7.99. The first-order chi connectivity index (χ1) is 8.15. The Labute approximate surface area is 108 Å². The lowest BCUT2D eigenvalue weighted by molar-refractivity contribution is -0.118. The van der Waals surface area contributed by atoms with Crippen molar-refractivity contribution in [1.29, 1.82) is 0 Å². The molecule has 1 rings (SSSR count). The number of carbonyl (C=O) groups is 1. The van der Waals surface area contributed by atoms with Gasteiger partial charge in [-0.05, 0) is 25.9 Å².